The number of hydrogen-bond acceptors (Lipinski definition) is 6. The largest absolute Gasteiger partial charge is 0.488 e. The quantitative estimate of drug-likeness (QED) is 0.422. The molecule has 0 bridgehead atoms. The fourth-order valence-corrected chi connectivity index (χ4v) is 3.67. The second-order valence-corrected chi connectivity index (χ2v) is 7.03. The number of methoxy groups -OCH3 is 1. The number of rotatable bonds is 5. The molecular weight excluding hydrogens is 381 g/mol. The highest BCUT2D eigenvalue weighted by molar-refractivity contribution is 7.18. The molecule has 5 rings (SSSR count). The van der Waals surface area contributed by atoms with Gasteiger partial charge in [-0.2, -0.15) is 4.52 Å². The maximum absolute atomic E-state index is 14.1. The van der Waals surface area contributed by atoms with Gasteiger partial charge in [0, 0.05) is 12.1 Å². The summed E-state index contributed by atoms with van der Waals surface area (Å²) in [4.78, 5) is 5.00. The lowest BCUT2D eigenvalue weighted by atomic mass is 10.2. The number of fused-ring (bicyclic) bond motifs is 2. The number of aromatic nitrogens is 3. The van der Waals surface area contributed by atoms with Gasteiger partial charge in [0.25, 0.3) is 5.19 Å². The average molecular weight is 395 g/mol. The Kier molecular flexibility index (Phi) is 3.98. The summed E-state index contributed by atoms with van der Waals surface area (Å²) >= 11 is 1.32. The van der Waals surface area contributed by atoms with Crippen molar-refractivity contribution in [1.82, 2.24) is 14.6 Å². The third-order valence-corrected chi connectivity index (χ3v) is 5.18. The van der Waals surface area contributed by atoms with Crippen molar-refractivity contribution < 1.29 is 18.3 Å². The van der Waals surface area contributed by atoms with E-state index in [1.54, 1.807) is 17.8 Å². The Labute approximate surface area is 162 Å². The maximum atomic E-state index is 14.1. The van der Waals surface area contributed by atoms with E-state index in [4.69, 9.17) is 13.9 Å². The molecule has 6 nitrogen and oxygen atoms in total. The van der Waals surface area contributed by atoms with Crippen molar-refractivity contribution in [2.45, 2.75) is 6.61 Å². The van der Waals surface area contributed by atoms with Crippen LogP contribution in [0.2, 0.25) is 0 Å². The zero-order valence-corrected chi connectivity index (χ0v) is 15.6. The minimum Gasteiger partial charge on any atom is -0.488 e. The van der Waals surface area contributed by atoms with Crippen LogP contribution >= 0.6 is 11.3 Å². The van der Waals surface area contributed by atoms with Crippen molar-refractivity contribution in [3.05, 3.63) is 66.1 Å². The highest BCUT2D eigenvalue weighted by Gasteiger charge is 2.18. The van der Waals surface area contributed by atoms with Crippen LogP contribution in [0.4, 0.5) is 4.39 Å². The molecule has 0 fully saturated rings. The number of imidazole rings is 1. The van der Waals surface area contributed by atoms with Crippen LogP contribution in [0.15, 0.2) is 59.1 Å². The van der Waals surface area contributed by atoms with Crippen LogP contribution in [-0.2, 0) is 6.61 Å². The van der Waals surface area contributed by atoms with Crippen molar-refractivity contribution in [2.24, 2.45) is 0 Å². The van der Waals surface area contributed by atoms with Crippen LogP contribution in [0.5, 0.6) is 10.9 Å². The van der Waals surface area contributed by atoms with E-state index in [2.05, 4.69) is 10.1 Å². The highest BCUT2D eigenvalue weighted by atomic mass is 32.1. The Balaban J connectivity index is 1.55. The SMILES string of the molecule is COc1nn2c(-c3cc4c(OCc5ccccc5)cc(F)cc4o3)cnc2s1. The van der Waals surface area contributed by atoms with Gasteiger partial charge in [-0.15, -0.1) is 5.10 Å². The molecule has 8 heteroatoms. The molecule has 3 heterocycles. The molecule has 0 amide bonds. The van der Waals surface area contributed by atoms with E-state index < -0.39 is 5.82 Å². The van der Waals surface area contributed by atoms with Gasteiger partial charge in [-0.3, -0.25) is 0 Å². The van der Waals surface area contributed by atoms with Crippen LogP contribution in [0.25, 0.3) is 27.4 Å². The molecule has 0 aliphatic rings. The fourth-order valence-electron chi connectivity index (χ4n) is 2.98. The zero-order chi connectivity index (χ0) is 19.1. The number of benzene rings is 2. The Hall–Kier alpha value is -3.39. The predicted octanol–water partition coefficient (Wildman–Crippen LogP) is 4.93. The van der Waals surface area contributed by atoms with Gasteiger partial charge in [0.15, 0.2) is 5.76 Å². The molecule has 0 unspecified atom stereocenters. The van der Waals surface area contributed by atoms with Crippen molar-refractivity contribution in [3.8, 4) is 22.4 Å². The molecule has 140 valence electrons. The molecule has 0 radical (unpaired) electrons. The normalized spacial score (nSPS) is 11.4. The summed E-state index contributed by atoms with van der Waals surface area (Å²) in [5.41, 5.74) is 2.05. The predicted molar refractivity (Wildman–Crippen MR) is 103 cm³/mol. The van der Waals surface area contributed by atoms with Crippen LogP contribution in [0.3, 0.4) is 0 Å². The van der Waals surface area contributed by atoms with E-state index in [1.807, 2.05) is 36.4 Å². The minimum absolute atomic E-state index is 0.333. The first-order valence-corrected chi connectivity index (χ1v) is 9.31. The topological polar surface area (TPSA) is 61.8 Å². The van der Waals surface area contributed by atoms with Gasteiger partial charge >= 0.3 is 0 Å². The minimum atomic E-state index is -0.426. The molecule has 0 saturated heterocycles. The first-order chi connectivity index (χ1) is 13.7. The molecule has 28 heavy (non-hydrogen) atoms. The van der Waals surface area contributed by atoms with Gasteiger partial charge in [-0.1, -0.05) is 30.3 Å². The maximum Gasteiger partial charge on any atom is 0.294 e. The number of hydrogen-bond donors (Lipinski definition) is 0. The monoisotopic (exact) mass is 395 g/mol. The molecule has 3 aromatic heterocycles. The average Bonchev–Trinajstić information content (AvgIpc) is 3.40. The number of furan rings is 1. The Morgan fingerprint density at radius 1 is 1.18 bits per heavy atom. The Bertz CT molecular complexity index is 1280. The number of ether oxygens (including phenoxy) is 2. The van der Waals surface area contributed by atoms with Crippen molar-refractivity contribution in [3.63, 3.8) is 0 Å². The second kappa shape index (κ2) is 6.65. The Morgan fingerprint density at radius 2 is 2.04 bits per heavy atom. The van der Waals surface area contributed by atoms with E-state index in [0.29, 0.717) is 44.9 Å². The molecule has 0 atom stereocenters. The first kappa shape index (κ1) is 16.8. The fraction of sp³-hybridized carbons (Fsp3) is 0.100. The van der Waals surface area contributed by atoms with Gasteiger partial charge in [0.2, 0.25) is 4.96 Å². The number of halogens is 1. The van der Waals surface area contributed by atoms with E-state index in [1.165, 1.54) is 23.5 Å². The number of nitrogens with zero attached hydrogens (tertiary/aromatic N) is 3. The van der Waals surface area contributed by atoms with Crippen molar-refractivity contribution >= 4 is 27.3 Å². The van der Waals surface area contributed by atoms with Crippen molar-refractivity contribution in [2.75, 3.05) is 7.11 Å². The lowest BCUT2D eigenvalue weighted by Crippen LogP contribution is -1.95. The molecule has 0 saturated carbocycles. The highest BCUT2D eigenvalue weighted by Crippen LogP contribution is 2.36. The summed E-state index contributed by atoms with van der Waals surface area (Å²) in [7, 11) is 1.55. The summed E-state index contributed by atoms with van der Waals surface area (Å²) in [6.07, 6.45) is 1.66. The van der Waals surface area contributed by atoms with E-state index in [0.717, 1.165) is 5.56 Å². The lowest BCUT2D eigenvalue weighted by Gasteiger charge is -2.07. The van der Waals surface area contributed by atoms with E-state index >= 15 is 0 Å². The summed E-state index contributed by atoms with van der Waals surface area (Å²) in [5.74, 6) is 0.515. The molecule has 0 aliphatic heterocycles. The summed E-state index contributed by atoms with van der Waals surface area (Å²) in [6.45, 7) is 0.333. The van der Waals surface area contributed by atoms with Crippen LogP contribution in [0.1, 0.15) is 5.56 Å². The summed E-state index contributed by atoms with van der Waals surface area (Å²) in [5, 5.41) is 5.52. The smallest absolute Gasteiger partial charge is 0.294 e. The van der Waals surface area contributed by atoms with Gasteiger partial charge in [-0.25, -0.2) is 9.37 Å². The Morgan fingerprint density at radius 3 is 2.86 bits per heavy atom. The van der Waals surface area contributed by atoms with Crippen molar-refractivity contribution in [1.29, 1.82) is 0 Å². The second-order valence-electron chi connectivity index (χ2n) is 6.11. The molecule has 0 N–H and O–H groups in total. The molecule has 0 aliphatic carbocycles. The zero-order valence-electron chi connectivity index (χ0n) is 14.8. The first-order valence-electron chi connectivity index (χ1n) is 8.50. The molecule has 0 spiro atoms. The summed E-state index contributed by atoms with van der Waals surface area (Å²) < 4.78 is 32.6. The van der Waals surface area contributed by atoms with Crippen LogP contribution in [-0.4, -0.2) is 21.7 Å². The van der Waals surface area contributed by atoms with Crippen LogP contribution in [0, 0.1) is 5.82 Å². The standard InChI is InChI=1S/C20H14FN3O3S/c1-25-20-23-24-15(10-22-19(24)28-20)18-9-14-16(7-13(21)8-17(14)27-18)26-11-12-5-3-2-4-6-12/h2-10H,11H2,1H3. The lowest BCUT2D eigenvalue weighted by molar-refractivity contribution is 0.308. The van der Waals surface area contributed by atoms with Gasteiger partial charge in [-0.05, 0) is 23.0 Å². The molecule has 5 aromatic rings. The van der Waals surface area contributed by atoms with E-state index in [-0.39, 0.29) is 0 Å². The van der Waals surface area contributed by atoms with Gasteiger partial charge < -0.3 is 13.9 Å². The van der Waals surface area contributed by atoms with Gasteiger partial charge in [0.1, 0.15) is 29.5 Å². The molecule has 2 aromatic carbocycles. The molecular formula is C20H14FN3O3S. The third kappa shape index (κ3) is 2.87. The van der Waals surface area contributed by atoms with E-state index in [9.17, 15) is 4.39 Å². The van der Waals surface area contributed by atoms with Gasteiger partial charge in [0.05, 0.1) is 18.7 Å². The summed E-state index contributed by atoms with van der Waals surface area (Å²) in [6, 6.07) is 14.2. The van der Waals surface area contributed by atoms with Crippen LogP contribution < -0.4 is 9.47 Å². The third-order valence-electron chi connectivity index (χ3n) is 4.30.